The molecular formula is C22H24N4O6. The summed E-state index contributed by atoms with van der Waals surface area (Å²) in [5.41, 5.74) is 1.35. The Balaban J connectivity index is 1.44. The second-order valence-corrected chi connectivity index (χ2v) is 8.10. The van der Waals surface area contributed by atoms with Crippen LogP contribution in [0, 0.1) is 0 Å². The molecular weight excluding hydrogens is 416 g/mol. The van der Waals surface area contributed by atoms with Gasteiger partial charge in [0.05, 0.1) is 11.1 Å². The lowest BCUT2D eigenvalue weighted by Crippen LogP contribution is -2.54. The van der Waals surface area contributed by atoms with Gasteiger partial charge >= 0.3 is 5.97 Å². The lowest BCUT2D eigenvalue weighted by atomic mass is 10.0. The molecule has 1 atom stereocenters. The number of nitrogens with one attached hydrogen (secondary N) is 1. The van der Waals surface area contributed by atoms with Crippen LogP contribution in [0.25, 0.3) is 0 Å². The van der Waals surface area contributed by atoms with Crippen molar-refractivity contribution in [2.75, 3.05) is 32.7 Å². The molecule has 0 aromatic heterocycles. The van der Waals surface area contributed by atoms with Gasteiger partial charge < -0.3 is 5.11 Å². The molecule has 0 aliphatic carbocycles. The van der Waals surface area contributed by atoms with Crippen LogP contribution in [0.5, 0.6) is 0 Å². The standard InChI is InChI=1S/C22H24N4O6/c27-17-7-6-16(20(30)23-17)26-21(31)15-4-1-3-14(19(15)22(26)32)13-25-11-9-24(10-12-25)8-2-5-18(28)29/h1-5,16H,6-13H2,(H,28,29)(H,23,27,30)/b5-2+. The average molecular weight is 440 g/mol. The fourth-order valence-electron chi connectivity index (χ4n) is 4.39. The van der Waals surface area contributed by atoms with E-state index in [1.807, 2.05) is 6.07 Å². The number of nitrogens with zero attached hydrogens (tertiary/aromatic N) is 3. The second kappa shape index (κ2) is 9.01. The highest BCUT2D eigenvalue weighted by Crippen LogP contribution is 2.30. The number of carboxylic acid groups (broad SMARTS) is 1. The summed E-state index contributed by atoms with van der Waals surface area (Å²) in [6.07, 6.45) is 2.97. The summed E-state index contributed by atoms with van der Waals surface area (Å²) in [7, 11) is 0. The van der Waals surface area contributed by atoms with Crippen molar-refractivity contribution >= 4 is 29.6 Å². The van der Waals surface area contributed by atoms with Gasteiger partial charge in [0.15, 0.2) is 0 Å². The Morgan fingerprint density at radius 1 is 1.06 bits per heavy atom. The summed E-state index contributed by atoms with van der Waals surface area (Å²) >= 11 is 0. The second-order valence-electron chi connectivity index (χ2n) is 8.10. The van der Waals surface area contributed by atoms with Gasteiger partial charge in [-0.25, -0.2) is 4.79 Å². The Morgan fingerprint density at radius 3 is 2.47 bits per heavy atom. The zero-order valence-corrected chi connectivity index (χ0v) is 17.5. The maximum absolute atomic E-state index is 13.2. The maximum atomic E-state index is 13.2. The molecule has 0 saturated carbocycles. The molecule has 3 aliphatic heterocycles. The number of carboxylic acids is 1. The van der Waals surface area contributed by atoms with Crippen molar-refractivity contribution in [2.24, 2.45) is 0 Å². The number of hydrogen-bond donors (Lipinski definition) is 2. The lowest BCUT2D eigenvalue weighted by molar-refractivity contribution is -0.136. The fourth-order valence-corrected chi connectivity index (χ4v) is 4.39. The van der Waals surface area contributed by atoms with Gasteiger partial charge in [-0.05, 0) is 18.1 Å². The van der Waals surface area contributed by atoms with Crippen molar-refractivity contribution in [3.05, 3.63) is 47.0 Å². The van der Waals surface area contributed by atoms with Crippen molar-refractivity contribution < 1.29 is 29.1 Å². The van der Waals surface area contributed by atoms with E-state index in [4.69, 9.17) is 5.11 Å². The van der Waals surface area contributed by atoms with E-state index in [1.54, 1.807) is 18.2 Å². The van der Waals surface area contributed by atoms with Crippen LogP contribution in [-0.2, 0) is 20.9 Å². The minimum absolute atomic E-state index is 0.0859. The van der Waals surface area contributed by atoms with Crippen molar-refractivity contribution in [3.63, 3.8) is 0 Å². The Kier molecular flexibility index (Phi) is 6.15. The first kappa shape index (κ1) is 21.8. The van der Waals surface area contributed by atoms with Crippen molar-refractivity contribution in [2.45, 2.75) is 25.4 Å². The van der Waals surface area contributed by atoms with E-state index in [-0.39, 0.29) is 18.4 Å². The third kappa shape index (κ3) is 4.32. The predicted molar refractivity (Wildman–Crippen MR) is 112 cm³/mol. The summed E-state index contributed by atoms with van der Waals surface area (Å²) in [6.45, 7) is 4.05. The quantitative estimate of drug-likeness (QED) is 0.462. The first-order valence-corrected chi connectivity index (χ1v) is 10.5. The summed E-state index contributed by atoms with van der Waals surface area (Å²) in [4.78, 5) is 65.7. The molecule has 1 unspecified atom stereocenters. The monoisotopic (exact) mass is 440 g/mol. The molecule has 2 saturated heterocycles. The van der Waals surface area contributed by atoms with Gasteiger partial charge in [-0.15, -0.1) is 0 Å². The van der Waals surface area contributed by atoms with Gasteiger partial charge in [0.1, 0.15) is 6.04 Å². The first-order valence-electron chi connectivity index (χ1n) is 10.5. The predicted octanol–water partition coefficient (Wildman–Crippen LogP) is -0.154. The summed E-state index contributed by atoms with van der Waals surface area (Å²) < 4.78 is 0. The van der Waals surface area contributed by atoms with E-state index in [0.29, 0.717) is 18.7 Å². The van der Waals surface area contributed by atoms with Crippen LogP contribution < -0.4 is 5.32 Å². The molecule has 32 heavy (non-hydrogen) atoms. The topological polar surface area (TPSA) is 127 Å². The average Bonchev–Trinajstić information content (AvgIpc) is 3.00. The zero-order valence-electron chi connectivity index (χ0n) is 17.5. The third-order valence-electron chi connectivity index (χ3n) is 6.04. The number of amides is 4. The molecule has 2 fully saturated rings. The van der Waals surface area contributed by atoms with Crippen molar-refractivity contribution in [3.8, 4) is 0 Å². The minimum Gasteiger partial charge on any atom is -0.478 e. The molecule has 3 aliphatic rings. The largest absolute Gasteiger partial charge is 0.478 e. The van der Waals surface area contributed by atoms with E-state index in [2.05, 4.69) is 15.1 Å². The molecule has 1 aromatic carbocycles. The number of rotatable bonds is 6. The highest BCUT2D eigenvalue weighted by Gasteiger charge is 2.45. The minimum atomic E-state index is -0.977. The van der Waals surface area contributed by atoms with Crippen LogP contribution in [0.4, 0.5) is 0 Å². The Bertz CT molecular complexity index is 1010. The number of carbonyl (C=O) groups excluding carboxylic acids is 4. The van der Waals surface area contributed by atoms with Gasteiger partial charge in [-0.1, -0.05) is 18.2 Å². The van der Waals surface area contributed by atoms with Crippen LogP contribution in [0.2, 0.25) is 0 Å². The van der Waals surface area contributed by atoms with E-state index in [0.717, 1.165) is 42.7 Å². The number of hydrogen-bond acceptors (Lipinski definition) is 7. The van der Waals surface area contributed by atoms with Crippen molar-refractivity contribution in [1.82, 2.24) is 20.0 Å². The normalized spacial score (nSPS) is 22.5. The number of fused-ring (bicyclic) bond motifs is 1. The highest BCUT2D eigenvalue weighted by atomic mass is 16.4. The number of carbonyl (C=O) groups is 5. The third-order valence-corrected chi connectivity index (χ3v) is 6.04. The van der Waals surface area contributed by atoms with Gasteiger partial charge in [0, 0.05) is 51.8 Å². The number of benzene rings is 1. The molecule has 2 N–H and O–H groups in total. The summed E-state index contributed by atoms with van der Waals surface area (Å²) in [5, 5.41) is 10.9. The molecule has 10 heteroatoms. The Labute approximate surface area is 184 Å². The van der Waals surface area contributed by atoms with Crippen molar-refractivity contribution in [1.29, 1.82) is 0 Å². The van der Waals surface area contributed by atoms with Gasteiger partial charge in [-0.3, -0.25) is 39.2 Å². The molecule has 168 valence electrons. The van der Waals surface area contributed by atoms with E-state index >= 15 is 0 Å². The molecule has 4 rings (SSSR count). The molecule has 0 bridgehead atoms. The molecule has 0 spiro atoms. The molecule has 10 nitrogen and oxygen atoms in total. The molecule has 1 aromatic rings. The van der Waals surface area contributed by atoms with Gasteiger partial charge in [-0.2, -0.15) is 0 Å². The van der Waals surface area contributed by atoms with Crippen LogP contribution in [0.1, 0.15) is 39.1 Å². The number of imide groups is 2. The number of piperidine rings is 1. The zero-order chi connectivity index (χ0) is 22.8. The van der Waals surface area contributed by atoms with E-state index in [9.17, 15) is 24.0 Å². The van der Waals surface area contributed by atoms with Crippen LogP contribution in [0.3, 0.4) is 0 Å². The molecule has 3 heterocycles. The van der Waals surface area contributed by atoms with Crippen LogP contribution in [-0.4, -0.2) is 88.2 Å². The molecule has 4 amide bonds. The summed E-state index contributed by atoms with van der Waals surface area (Å²) in [5.74, 6) is -2.98. The number of aliphatic carboxylic acids is 1. The Hall–Kier alpha value is -3.37. The number of piperazine rings is 1. The summed E-state index contributed by atoms with van der Waals surface area (Å²) in [6, 6.07) is 4.17. The smallest absolute Gasteiger partial charge is 0.328 e. The highest BCUT2D eigenvalue weighted by molar-refractivity contribution is 6.24. The first-order chi connectivity index (χ1) is 15.3. The van der Waals surface area contributed by atoms with E-state index in [1.165, 1.54) is 0 Å². The van der Waals surface area contributed by atoms with Gasteiger partial charge in [0.25, 0.3) is 11.8 Å². The Morgan fingerprint density at radius 2 is 1.78 bits per heavy atom. The van der Waals surface area contributed by atoms with Crippen LogP contribution >= 0.6 is 0 Å². The van der Waals surface area contributed by atoms with Gasteiger partial charge in [0.2, 0.25) is 11.8 Å². The fraction of sp³-hybridized carbons (Fsp3) is 0.409. The maximum Gasteiger partial charge on any atom is 0.328 e. The lowest BCUT2D eigenvalue weighted by Gasteiger charge is -2.34. The van der Waals surface area contributed by atoms with Crippen LogP contribution in [0.15, 0.2) is 30.4 Å². The van der Waals surface area contributed by atoms with E-state index < -0.39 is 35.6 Å². The molecule has 0 radical (unpaired) electrons. The SMILES string of the molecule is O=C(O)/C=C/CN1CCN(Cc2cccc3c2C(=O)N(C2CCC(=O)NC2=O)C3=O)CC1.